The van der Waals surface area contributed by atoms with E-state index in [1.807, 2.05) is 6.07 Å². The van der Waals surface area contributed by atoms with E-state index in [2.05, 4.69) is 9.97 Å². The number of thiazole rings is 1. The van der Waals surface area contributed by atoms with E-state index in [-0.39, 0.29) is 12.4 Å². The van der Waals surface area contributed by atoms with Crippen LogP contribution in [0.3, 0.4) is 0 Å². The fraction of sp³-hybridized carbons (Fsp3) is 0.0769. The molecule has 3 rings (SSSR count). The summed E-state index contributed by atoms with van der Waals surface area (Å²) in [5.41, 5.74) is 8.04. The van der Waals surface area contributed by atoms with E-state index in [9.17, 15) is 5.11 Å². The first-order valence-electron chi connectivity index (χ1n) is 5.62. The highest BCUT2D eigenvalue weighted by Crippen LogP contribution is 2.35. The van der Waals surface area contributed by atoms with Gasteiger partial charge in [0, 0.05) is 11.8 Å². The molecule has 0 spiro atoms. The van der Waals surface area contributed by atoms with E-state index in [4.69, 9.17) is 10.8 Å². The molecule has 0 aliphatic heterocycles. The van der Waals surface area contributed by atoms with Gasteiger partial charge in [0.25, 0.3) is 0 Å². The van der Waals surface area contributed by atoms with Crippen molar-refractivity contribution in [3.05, 3.63) is 35.5 Å². The van der Waals surface area contributed by atoms with E-state index < -0.39 is 0 Å². The van der Waals surface area contributed by atoms with Crippen molar-refractivity contribution >= 4 is 27.4 Å². The average Bonchev–Trinajstić information content (AvgIpc) is 2.80. The van der Waals surface area contributed by atoms with Crippen molar-refractivity contribution < 1.29 is 10.2 Å². The van der Waals surface area contributed by atoms with Crippen LogP contribution in [0.1, 0.15) is 5.01 Å². The molecule has 19 heavy (non-hydrogen) atoms. The number of anilines is 1. The van der Waals surface area contributed by atoms with Gasteiger partial charge in [-0.1, -0.05) is 0 Å². The zero-order valence-corrected chi connectivity index (χ0v) is 10.7. The number of aromatic hydroxyl groups is 1. The number of pyridine rings is 1. The predicted molar refractivity (Wildman–Crippen MR) is 74.9 cm³/mol. The second-order valence-electron chi connectivity index (χ2n) is 4.08. The minimum Gasteiger partial charge on any atom is -0.508 e. The maximum absolute atomic E-state index is 9.79. The van der Waals surface area contributed by atoms with Crippen LogP contribution in [0, 0.1) is 0 Å². The second kappa shape index (κ2) is 4.49. The largest absolute Gasteiger partial charge is 0.508 e. The van der Waals surface area contributed by atoms with Crippen molar-refractivity contribution in [2.75, 3.05) is 5.73 Å². The molecule has 96 valence electrons. The third-order valence-corrected chi connectivity index (χ3v) is 3.74. The van der Waals surface area contributed by atoms with E-state index in [1.54, 1.807) is 24.4 Å². The summed E-state index contributed by atoms with van der Waals surface area (Å²) in [6.45, 7) is -0.113. The van der Waals surface area contributed by atoms with E-state index in [1.165, 1.54) is 11.3 Å². The fourth-order valence-electron chi connectivity index (χ4n) is 1.96. The standard InChI is InChI=1S/C13H11N3O2S/c14-11-3-7(1-2-15-11)9-4-8(18)5-10-13(9)16-12(6-17)19-10/h1-5,17-18H,6H2,(H2,14,15). The number of nitrogen functional groups attached to an aromatic ring is 1. The van der Waals surface area contributed by atoms with Gasteiger partial charge >= 0.3 is 0 Å². The number of aromatic nitrogens is 2. The Morgan fingerprint density at radius 3 is 2.84 bits per heavy atom. The molecule has 0 amide bonds. The predicted octanol–water partition coefficient (Wildman–Crippen LogP) is 2.14. The van der Waals surface area contributed by atoms with Crippen LogP contribution in [0.15, 0.2) is 30.5 Å². The molecule has 0 unspecified atom stereocenters. The Hall–Kier alpha value is -2.18. The zero-order valence-electron chi connectivity index (χ0n) is 9.87. The molecule has 0 atom stereocenters. The fourth-order valence-corrected chi connectivity index (χ4v) is 2.85. The highest BCUT2D eigenvalue weighted by Gasteiger charge is 2.12. The Morgan fingerprint density at radius 1 is 1.26 bits per heavy atom. The average molecular weight is 273 g/mol. The second-order valence-corrected chi connectivity index (χ2v) is 5.19. The van der Waals surface area contributed by atoms with Gasteiger partial charge < -0.3 is 15.9 Å². The monoisotopic (exact) mass is 273 g/mol. The SMILES string of the molecule is Nc1cc(-c2cc(O)cc3sc(CO)nc23)ccn1. The molecule has 4 N–H and O–H groups in total. The normalized spacial score (nSPS) is 11.0. The molecule has 3 aromatic rings. The first-order valence-corrected chi connectivity index (χ1v) is 6.44. The first-order chi connectivity index (χ1) is 9.17. The molecule has 2 heterocycles. The lowest BCUT2D eigenvalue weighted by Gasteiger charge is -2.04. The Kier molecular flexibility index (Phi) is 2.81. The number of rotatable bonds is 2. The molecule has 5 nitrogen and oxygen atoms in total. The number of hydrogen-bond donors (Lipinski definition) is 3. The van der Waals surface area contributed by atoms with Gasteiger partial charge in [0.1, 0.15) is 16.6 Å². The smallest absolute Gasteiger partial charge is 0.123 e. The minimum atomic E-state index is -0.113. The van der Waals surface area contributed by atoms with Crippen LogP contribution < -0.4 is 5.73 Å². The summed E-state index contributed by atoms with van der Waals surface area (Å²) in [7, 11) is 0. The molecule has 2 aromatic heterocycles. The van der Waals surface area contributed by atoms with Crippen molar-refractivity contribution in [1.29, 1.82) is 0 Å². The van der Waals surface area contributed by atoms with Crippen LogP contribution >= 0.6 is 11.3 Å². The van der Waals surface area contributed by atoms with Crippen molar-refractivity contribution in [2.24, 2.45) is 0 Å². The Balaban J connectivity index is 2.30. The van der Waals surface area contributed by atoms with E-state index >= 15 is 0 Å². The summed E-state index contributed by atoms with van der Waals surface area (Å²) in [4.78, 5) is 8.32. The molecule has 0 aliphatic carbocycles. The molecule has 0 saturated carbocycles. The maximum Gasteiger partial charge on any atom is 0.123 e. The summed E-state index contributed by atoms with van der Waals surface area (Å²) in [6.07, 6.45) is 1.61. The number of phenolic OH excluding ortho intramolecular Hbond substituents is 1. The van der Waals surface area contributed by atoms with Gasteiger partial charge in [-0.2, -0.15) is 0 Å². The maximum atomic E-state index is 9.79. The first kappa shape index (κ1) is 11.9. The van der Waals surface area contributed by atoms with E-state index in [0.29, 0.717) is 10.8 Å². The highest BCUT2D eigenvalue weighted by molar-refractivity contribution is 7.18. The van der Waals surface area contributed by atoms with Crippen LogP contribution in [-0.4, -0.2) is 20.2 Å². The van der Waals surface area contributed by atoms with Crippen LogP contribution in [0.2, 0.25) is 0 Å². The molecule has 0 fully saturated rings. The van der Waals surface area contributed by atoms with Gasteiger partial charge in [-0.05, 0) is 29.8 Å². The Bertz CT molecular complexity index is 755. The zero-order chi connectivity index (χ0) is 13.4. The molecular formula is C13H11N3O2S. The molecule has 0 radical (unpaired) electrons. The highest BCUT2D eigenvalue weighted by atomic mass is 32.1. The Labute approximate surface area is 113 Å². The van der Waals surface area contributed by atoms with Crippen LogP contribution in [-0.2, 0) is 6.61 Å². The summed E-state index contributed by atoms with van der Waals surface area (Å²) < 4.78 is 0.828. The van der Waals surface area contributed by atoms with Crippen LogP contribution in [0.25, 0.3) is 21.3 Å². The van der Waals surface area contributed by atoms with Gasteiger partial charge in [0.15, 0.2) is 0 Å². The quantitative estimate of drug-likeness (QED) is 0.665. The van der Waals surface area contributed by atoms with Gasteiger partial charge in [-0.15, -0.1) is 11.3 Å². The van der Waals surface area contributed by atoms with Crippen molar-refractivity contribution in [1.82, 2.24) is 9.97 Å². The third kappa shape index (κ3) is 2.11. The lowest BCUT2D eigenvalue weighted by molar-refractivity contribution is 0.281. The number of hydrogen-bond acceptors (Lipinski definition) is 6. The minimum absolute atomic E-state index is 0.113. The van der Waals surface area contributed by atoms with E-state index in [0.717, 1.165) is 21.3 Å². The number of aliphatic hydroxyl groups excluding tert-OH is 1. The third-order valence-electron chi connectivity index (χ3n) is 2.75. The van der Waals surface area contributed by atoms with Crippen molar-refractivity contribution in [3.63, 3.8) is 0 Å². The molecular weight excluding hydrogens is 262 g/mol. The topological polar surface area (TPSA) is 92.3 Å². The van der Waals surface area contributed by atoms with Crippen molar-refractivity contribution in [3.8, 4) is 16.9 Å². The van der Waals surface area contributed by atoms with Crippen LogP contribution in [0.4, 0.5) is 5.82 Å². The summed E-state index contributed by atoms with van der Waals surface area (Å²) in [5, 5.41) is 19.6. The number of benzene rings is 1. The van der Waals surface area contributed by atoms with Crippen LogP contribution in [0.5, 0.6) is 5.75 Å². The molecule has 0 bridgehead atoms. The summed E-state index contributed by atoms with van der Waals surface area (Å²) >= 11 is 1.36. The number of fused-ring (bicyclic) bond motifs is 1. The summed E-state index contributed by atoms with van der Waals surface area (Å²) in [6, 6.07) is 6.81. The number of nitrogens with two attached hydrogens (primary N) is 1. The number of nitrogens with zero attached hydrogens (tertiary/aromatic N) is 2. The van der Waals surface area contributed by atoms with Gasteiger partial charge in [-0.25, -0.2) is 9.97 Å². The summed E-state index contributed by atoms with van der Waals surface area (Å²) in [5.74, 6) is 0.567. The Morgan fingerprint density at radius 2 is 2.11 bits per heavy atom. The van der Waals surface area contributed by atoms with Gasteiger partial charge in [-0.3, -0.25) is 0 Å². The molecule has 6 heteroatoms. The lowest BCUT2D eigenvalue weighted by Crippen LogP contribution is -1.90. The molecule has 0 aliphatic rings. The van der Waals surface area contributed by atoms with Gasteiger partial charge in [0.05, 0.1) is 16.8 Å². The van der Waals surface area contributed by atoms with Crippen molar-refractivity contribution in [2.45, 2.75) is 6.61 Å². The van der Waals surface area contributed by atoms with Gasteiger partial charge in [0.2, 0.25) is 0 Å². The number of phenols is 1. The molecule has 0 saturated heterocycles. The lowest BCUT2D eigenvalue weighted by atomic mass is 10.1. The molecule has 1 aromatic carbocycles. The number of aliphatic hydroxyl groups is 1.